The van der Waals surface area contributed by atoms with Crippen LogP contribution in [0.3, 0.4) is 0 Å². The van der Waals surface area contributed by atoms with Gasteiger partial charge in [0.1, 0.15) is 23.1 Å². The van der Waals surface area contributed by atoms with Crippen molar-refractivity contribution in [2.75, 3.05) is 14.2 Å². The molecule has 0 aliphatic rings. The molecule has 4 aromatic carbocycles. The van der Waals surface area contributed by atoms with Crippen molar-refractivity contribution in [2.24, 2.45) is 0 Å². The van der Waals surface area contributed by atoms with Crippen molar-refractivity contribution in [3.63, 3.8) is 0 Å². The van der Waals surface area contributed by atoms with Gasteiger partial charge in [0, 0.05) is 74.3 Å². The van der Waals surface area contributed by atoms with E-state index in [0.717, 1.165) is 38.7 Å². The topological polar surface area (TPSA) is 57.2 Å². The molecule has 5 nitrogen and oxygen atoms in total. The van der Waals surface area contributed by atoms with Gasteiger partial charge in [-0.1, -0.05) is 52.3 Å². The zero-order valence-electron chi connectivity index (χ0n) is 66.0. The lowest BCUT2D eigenvalue weighted by Gasteiger charge is -2.21. The van der Waals surface area contributed by atoms with Crippen LogP contribution < -0.4 is 9.47 Å². The summed E-state index contributed by atoms with van der Waals surface area (Å²) < 4.78 is 241. The predicted molar refractivity (Wildman–Crippen MR) is 227 cm³/mol. The van der Waals surface area contributed by atoms with E-state index in [1.165, 1.54) is 12.1 Å². The second-order valence-electron chi connectivity index (χ2n) is 12.8. The Morgan fingerprint density at radius 2 is 1.04 bits per heavy atom. The Hall–Kier alpha value is -3.30. The fourth-order valence-electron chi connectivity index (χ4n) is 4.50. The van der Waals surface area contributed by atoms with Crippen molar-refractivity contribution in [2.45, 2.75) is 77.9 Å². The molecular weight excluding hydrogens is 654 g/mol. The van der Waals surface area contributed by atoms with Gasteiger partial charge in [0.05, 0.1) is 45.2 Å². The van der Waals surface area contributed by atoms with E-state index in [1.54, 1.807) is 44.6 Å². The highest BCUT2D eigenvalue weighted by atomic mass is 79.9. The monoisotopic (exact) mass is 817 g/mol. The lowest BCUT2D eigenvalue weighted by Crippen LogP contribution is -2.19. The average molecular weight is 818 g/mol. The molecule has 0 saturated carbocycles. The fourth-order valence-corrected chi connectivity index (χ4v) is 4.85. The predicted octanol–water partition coefficient (Wildman–Crippen LogP) is 14.9. The van der Waals surface area contributed by atoms with Crippen molar-refractivity contribution in [1.82, 2.24) is 0 Å². The van der Waals surface area contributed by atoms with E-state index in [0.29, 0.717) is 35.8 Å². The van der Waals surface area contributed by atoms with Crippen molar-refractivity contribution in [3.8, 4) is 33.8 Å². The molecule has 4 rings (SSSR count). The zero-order valence-corrected chi connectivity index (χ0v) is 29.6. The Labute approximate surface area is 340 Å². The van der Waals surface area contributed by atoms with E-state index in [4.69, 9.17) is 75.4 Å². The molecule has 1 N–H and O–H groups in total. The van der Waals surface area contributed by atoms with Crippen molar-refractivity contribution < 1.29 is 90.7 Å². The van der Waals surface area contributed by atoms with Crippen LogP contribution in [0.2, 0.25) is 0 Å². The Morgan fingerprint density at radius 3 is 1.41 bits per heavy atom. The standard InChI is InChI=1S/C19H22BrFO2.C19H23FO3.20H2/c1-19(2,3)23-12-14-9-13(11-20)5-7-16(14)17-10-15(22-4)6-8-18(17)21;1-19(2,3)23-12-14-9-13(11-21)5-7-16(14)17-10-15(22-4)6-8-18(17)20;;;;;;;;;;;;;;;;;;;;/h5-10H,11-12H2,1-4H3;5-10,21H,11-12H2,1-4H3;20*1H/i;;19*1+2T;1+2. The Kier molecular flexibility index (Phi) is 6.56. The van der Waals surface area contributed by atoms with Crippen LogP contribution >= 0.6 is 15.9 Å². The Balaban J connectivity index is -0.0000000420. The SMILES string of the molecule is COc1ccc(F)c(-c2ccc(CBr)cc2COC(C)(C)C)c1.COc1ccc(F)c(-c2ccc(CO)cc2COC(C)(C)C)c1.[3HH].[3H][3H].[3H][3H].[3H][3H].[3H][3H].[3H][3H].[3H][3H].[3H][3H].[3H][3H].[3H][3H].[3H][3H].[3H][3H].[3H][3H].[3H][3H].[3H][3H].[3H][3H].[3H][3H].[3H][3H].[3H][3H].[3H][3H]. The smallest absolute Gasteiger partial charge is 0.131 e. The molecular formula is C38H85BrF2O5. The number of hydrogen-bond acceptors (Lipinski definition) is 5. The average Bonchev–Trinajstić information content (AvgIpc) is 3.60. The second-order valence-corrected chi connectivity index (χ2v) is 13.3. The summed E-state index contributed by atoms with van der Waals surface area (Å²) in [7, 11) is 3.13. The largest absolute Gasteiger partial charge is 0.497 e. The first-order chi connectivity index (χ1) is 40.7. The summed E-state index contributed by atoms with van der Waals surface area (Å²) in [4.78, 5) is 0. The third-order valence-corrected chi connectivity index (χ3v) is 7.57. The van der Waals surface area contributed by atoms with Gasteiger partial charge in [-0.2, -0.15) is 0 Å². The highest BCUT2D eigenvalue weighted by molar-refractivity contribution is 9.08. The molecule has 0 aromatic heterocycles. The maximum atomic E-state index is 14.3. The molecule has 288 valence electrons. The number of aliphatic hydroxyl groups is 1. The van der Waals surface area contributed by atoms with Gasteiger partial charge in [0.2, 0.25) is 0 Å². The van der Waals surface area contributed by atoms with E-state index < -0.39 is 0 Å². The molecule has 0 spiro atoms. The highest BCUT2D eigenvalue weighted by Gasteiger charge is 2.17. The van der Waals surface area contributed by atoms with Crippen molar-refractivity contribution in [3.05, 3.63) is 107 Å². The third-order valence-electron chi connectivity index (χ3n) is 6.92. The van der Waals surface area contributed by atoms with Crippen LogP contribution in [0, 0.1) is 11.6 Å². The molecule has 0 bridgehead atoms. The van der Waals surface area contributed by atoms with Gasteiger partial charge in [-0.15, -0.1) is 0 Å². The molecule has 0 saturated heterocycles. The number of ether oxygens (including phenoxy) is 4. The Bertz CT molecular complexity index is 1560. The summed E-state index contributed by atoms with van der Waals surface area (Å²) in [5.41, 5.74) is 5.68. The third kappa shape index (κ3) is 10.9. The number of methoxy groups -OCH3 is 2. The van der Waals surface area contributed by atoms with Gasteiger partial charge in [0.15, 0.2) is 0 Å². The molecule has 0 aliphatic heterocycles. The molecule has 4 aromatic rings. The molecule has 0 unspecified atom stereocenters. The van der Waals surface area contributed by atoms with Gasteiger partial charge in [-0.25, -0.2) is 8.78 Å². The number of hydrogen-bond donors (Lipinski definition) is 1. The lowest BCUT2D eigenvalue weighted by atomic mass is 9.97. The minimum atomic E-state index is -0.320. The van der Waals surface area contributed by atoms with Crippen LogP contribution in [0.15, 0.2) is 72.8 Å². The van der Waals surface area contributed by atoms with Crippen LogP contribution in [-0.2, 0) is 34.6 Å². The van der Waals surface area contributed by atoms with Gasteiger partial charge in [-0.05, 0) is 111 Å². The number of benzene rings is 4. The zero-order chi connectivity index (χ0) is 72.1. The van der Waals surface area contributed by atoms with Crippen LogP contribution in [0.1, 0.15) is 122 Å². The molecule has 0 aliphatic carbocycles. The summed E-state index contributed by atoms with van der Waals surface area (Å²) in [5.74, 6) is 0.637. The van der Waals surface area contributed by atoms with E-state index in [2.05, 4.69) is 22.0 Å². The molecule has 8 heteroatoms. The maximum absolute atomic E-state index is 14.3. The first kappa shape index (κ1) is 18.3. The van der Waals surface area contributed by atoms with Gasteiger partial charge >= 0.3 is 0 Å². The normalized spacial score (nSPS) is 14.9. The molecule has 0 radical (unpaired) electrons. The summed E-state index contributed by atoms with van der Waals surface area (Å²) in [5, 5.41) is 10.1. The molecule has 0 atom stereocenters. The van der Waals surface area contributed by atoms with E-state index in [9.17, 15) is 13.9 Å². The Morgan fingerprint density at radius 1 is 0.630 bits per heavy atom. The maximum Gasteiger partial charge on any atom is 0.131 e. The molecule has 0 heterocycles. The summed E-state index contributed by atoms with van der Waals surface area (Å²) in [6, 6.07) is 20.9. The molecule has 46 heavy (non-hydrogen) atoms. The van der Waals surface area contributed by atoms with E-state index in [-0.39, 0.29) is 30.9 Å². The van der Waals surface area contributed by atoms with Gasteiger partial charge in [-0.3, -0.25) is 0 Å². The van der Waals surface area contributed by atoms with E-state index >= 15 is 0 Å². The van der Waals surface area contributed by atoms with Gasteiger partial charge in [0.25, 0.3) is 0 Å². The fraction of sp³-hybridized carbons (Fsp3) is 0.368. The summed E-state index contributed by atoms with van der Waals surface area (Å²) in [6.45, 7) is 12.6. The van der Waals surface area contributed by atoms with Crippen LogP contribution in [-0.4, -0.2) is 30.5 Å². The lowest BCUT2D eigenvalue weighted by molar-refractivity contribution is -0.0151. The number of rotatable bonds is 10. The van der Waals surface area contributed by atoms with Gasteiger partial charge < -0.3 is 24.1 Å². The van der Waals surface area contributed by atoms with Crippen LogP contribution in [0.4, 0.5) is 8.78 Å². The molecule has 0 fully saturated rings. The summed E-state index contributed by atoms with van der Waals surface area (Å²) in [6.07, 6.45) is 0. The van der Waals surface area contributed by atoms with E-state index in [1.807, 2.05) is 65.8 Å². The number of halogens is 3. The first-order valence-corrected chi connectivity index (χ1v) is 16.2. The number of aliphatic hydroxyl groups excluding tert-OH is 1. The minimum Gasteiger partial charge on any atom is -0.497 e. The second kappa shape index (κ2) is 16.5. The number of alkyl halides is 1. The highest BCUT2D eigenvalue weighted by Crippen LogP contribution is 2.33. The molecule has 0 amide bonds. The minimum absolute atomic E-state index is 0. The van der Waals surface area contributed by atoms with Crippen molar-refractivity contribution in [1.29, 1.82) is 0 Å². The quantitative estimate of drug-likeness (QED) is 0.162. The van der Waals surface area contributed by atoms with Crippen LogP contribution in [0.5, 0.6) is 11.5 Å². The van der Waals surface area contributed by atoms with Crippen molar-refractivity contribution >= 4 is 15.9 Å². The summed E-state index contributed by atoms with van der Waals surface area (Å²) >= 11 is 3.47. The first-order valence-electron chi connectivity index (χ1n) is 34.0. The van der Waals surface area contributed by atoms with Crippen LogP contribution in [0.25, 0.3) is 22.3 Å².